The minimum atomic E-state index is -3.76. The van der Waals surface area contributed by atoms with E-state index in [0.29, 0.717) is 18.0 Å². The lowest BCUT2D eigenvalue weighted by molar-refractivity contribution is -0.136. The maximum Gasteiger partial charge on any atom is 0.307 e. The van der Waals surface area contributed by atoms with Gasteiger partial charge in [0.25, 0.3) is 10.0 Å². The fourth-order valence-electron chi connectivity index (χ4n) is 5.17. The normalized spacial score (nSPS) is 15.1. The summed E-state index contributed by atoms with van der Waals surface area (Å²) in [4.78, 5) is 11.7. The number of carboxylic acids is 1. The highest BCUT2D eigenvalue weighted by Crippen LogP contribution is 2.33. The molecule has 0 amide bonds. The summed E-state index contributed by atoms with van der Waals surface area (Å²) in [6.45, 7) is 4.54. The maximum atomic E-state index is 13.2. The molecule has 0 saturated carbocycles. The largest absolute Gasteiger partial charge is 0.481 e. The molecule has 0 bridgehead atoms. The standard InChI is InChI=1S/C29H36N2O5S2/c1-29(2,17-21-14-23-6-4-5-7-24(23)15-21)30-18-25(32)19-31(3)38(35,36)28-13-12-26(37-28)22-10-8-20(9-11-22)16-27(33)34/h4-13,21,25,30,32H,14-19H2,1-3H3,(H,33,34). The highest BCUT2D eigenvalue weighted by atomic mass is 32.2. The summed E-state index contributed by atoms with van der Waals surface area (Å²) in [6.07, 6.45) is 2.20. The molecule has 1 unspecified atom stereocenters. The average molecular weight is 557 g/mol. The SMILES string of the molecule is CN(CC(O)CNC(C)(C)CC1Cc2ccccc2C1)S(=O)(=O)c1ccc(-c2ccc(CC(=O)O)cc2)s1. The Morgan fingerprint density at radius 1 is 1.08 bits per heavy atom. The number of β-amino-alcohol motifs (C(OH)–C–C–N with tert-alkyl or cyclic N) is 1. The van der Waals surface area contributed by atoms with Gasteiger partial charge in [-0.3, -0.25) is 4.79 Å². The van der Waals surface area contributed by atoms with E-state index in [1.54, 1.807) is 36.4 Å². The number of aliphatic hydroxyl groups excluding tert-OH is 1. The number of aliphatic hydroxyl groups is 1. The Morgan fingerprint density at radius 2 is 1.71 bits per heavy atom. The zero-order valence-electron chi connectivity index (χ0n) is 22.1. The number of rotatable bonds is 12. The van der Waals surface area contributed by atoms with E-state index in [1.165, 1.54) is 22.5 Å². The molecule has 3 N–H and O–H groups in total. The number of benzene rings is 2. The number of carboxylic acid groups (broad SMARTS) is 1. The molecule has 0 saturated heterocycles. The smallest absolute Gasteiger partial charge is 0.307 e. The van der Waals surface area contributed by atoms with Gasteiger partial charge in [-0.05, 0) is 73.4 Å². The van der Waals surface area contributed by atoms with Crippen LogP contribution < -0.4 is 5.32 Å². The van der Waals surface area contributed by atoms with Crippen molar-refractivity contribution in [2.75, 3.05) is 20.1 Å². The van der Waals surface area contributed by atoms with Gasteiger partial charge in [0.15, 0.2) is 0 Å². The molecule has 0 radical (unpaired) electrons. The van der Waals surface area contributed by atoms with Crippen LogP contribution in [-0.4, -0.2) is 60.7 Å². The topological polar surface area (TPSA) is 107 Å². The minimum Gasteiger partial charge on any atom is -0.481 e. The van der Waals surface area contributed by atoms with Crippen molar-refractivity contribution in [3.63, 3.8) is 0 Å². The Kier molecular flexibility index (Phi) is 8.74. The van der Waals surface area contributed by atoms with Gasteiger partial charge in [0, 0.05) is 30.6 Å². The molecule has 0 aliphatic heterocycles. The van der Waals surface area contributed by atoms with Crippen molar-refractivity contribution >= 4 is 27.3 Å². The van der Waals surface area contributed by atoms with E-state index in [2.05, 4.69) is 43.4 Å². The number of likely N-dealkylation sites (N-methyl/N-ethyl adjacent to an activating group) is 1. The quantitative estimate of drug-likeness (QED) is 0.309. The number of carbonyl (C=O) groups is 1. The van der Waals surface area contributed by atoms with Crippen LogP contribution in [0.25, 0.3) is 10.4 Å². The van der Waals surface area contributed by atoms with Gasteiger partial charge >= 0.3 is 5.97 Å². The van der Waals surface area contributed by atoms with E-state index in [0.717, 1.165) is 41.0 Å². The minimum absolute atomic E-state index is 0.0165. The van der Waals surface area contributed by atoms with Crippen LogP contribution in [0.15, 0.2) is 64.9 Å². The first kappa shape index (κ1) is 28.4. The Bertz CT molecular complexity index is 1340. The second kappa shape index (κ2) is 11.7. The van der Waals surface area contributed by atoms with Gasteiger partial charge in [0.05, 0.1) is 12.5 Å². The number of thiophene rings is 1. The molecule has 1 aromatic heterocycles. The summed E-state index contributed by atoms with van der Waals surface area (Å²) < 4.78 is 27.7. The van der Waals surface area contributed by atoms with Crippen molar-refractivity contribution in [2.24, 2.45) is 5.92 Å². The number of nitrogens with one attached hydrogen (secondary N) is 1. The Labute approximate surface area is 229 Å². The first-order valence-corrected chi connectivity index (χ1v) is 15.1. The zero-order chi connectivity index (χ0) is 27.5. The van der Waals surface area contributed by atoms with Gasteiger partial charge in [-0.1, -0.05) is 48.5 Å². The van der Waals surface area contributed by atoms with Gasteiger partial charge in [-0.15, -0.1) is 11.3 Å². The molecule has 1 aliphatic rings. The molecule has 0 spiro atoms. The molecule has 3 aromatic rings. The molecule has 1 aliphatic carbocycles. The van der Waals surface area contributed by atoms with E-state index < -0.39 is 22.1 Å². The third-order valence-electron chi connectivity index (χ3n) is 7.06. The third-order valence-corrected chi connectivity index (χ3v) is 10.5. The molecule has 9 heteroatoms. The van der Waals surface area contributed by atoms with Crippen LogP contribution >= 0.6 is 11.3 Å². The Morgan fingerprint density at radius 3 is 2.32 bits per heavy atom. The van der Waals surface area contributed by atoms with Crippen molar-refractivity contribution in [2.45, 2.75) is 55.4 Å². The molecular formula is C29H36N2O5S2. The predicted molar refractivity (Wildman–Crippen MR) is 151 cm³/mol. The molecule has 0 fully saturated rings. The zero-order valence-corrected chi connectivity index (χ0v) is 23.7. The van der Waals surface area contributed by atoms with E-state index >= 15 is 0 Å². The summed E-state index contributed by atoms with van der Waals surface area (Å²) in [7, 11) is -2.28. The number of aliphatic carboxylic acids is 1. The number of hydrogen-bond acceptors (Lipinski definition) is 6. The van der Waals surface area contributed by atoms with Crippen LogP contribution in [-0.2, 0) is 34.1 Å². The number of sulfonamides is 1. The van der Waals surface area contributed by atoms with E-state index in [9.17, 15) is 18.3 Å². The van der Waals surface area contributed by atoms with E-state index in [1.807, 2.05) is 0 Å². The summed E-state index contributed by atoms with van der Waals surface area (Å²) in [5, 5.41) is 23.0. The Balaban J connectivity index is 1.30. The van der Waals surface area contributed by atoms with E-state index in [-0.39, 0.29) is 22.7 Å². The van der Waals surface area contributed by atoms with Crippen LogP contribution in [0.5, 0.6) is 0 Å². The molecule has 4 rings (SSSR count). The van der Waals surface area contributed by atoms with Crippen molar-refractivity contribution in [3.05, 3.63) is 77.4 Å². The second-order valence-electron chi connectivity index (χ2n) is 10.8. The van der Waals surface area contributed by atoms with Gasteiger partial charge in [0.2, 0.25) is 0 Å². The van der Waals surface area contributed by atoms with Crippen LogP contribution in [0.3, 0.4) is 0 Å². The molecule has 38 heavy (non-hydrogen) atoms. The monoisotopic (exact) mass is 556 g/mol. The highest BCUT2D eigenvalue weighted by molar-refractivity contribution is 7.91. The van der Waals surface area contributed by atoms with Gasteiger partial charge in [-0.25, -0.2) is 8.42 Å². The fourth-order valence-corrected chi connectivity index (χ4v) is 7.90. The van der Waals surface area contributed by atoms with Gasteiger partial charge < -0.3 is 15.5 Å². The van der Waals surface area contributed by atoms with E-state index in [4.69, 9.17) is 5.11 Å². The first-order valence-electron chi connectivity index (χ1n) is 12.8. The Hall–Kier alpha value is -2.56. The number of fused-ring (bicyclic) bond motifs is 1. The summed E-state index contributed by atoms with van der Waals surface area (Å²) >= 11 is 1.16. The number of hydrogen-bond donors (Lipinski definition) is 3. The third kappa shape index (κ3) is 7.09. The van der Waals surface area contributed by atoms with Crippen LogP contribution in [0.1, 0.15) is 37.0 Å². The average Bonchev–Trinajstić information content (AvgIpc) is 3.50. The highest BCUT2D eigenvalue weighted by Gasteiger charge is 2.30. The van der Waals surface area contributed by atoms with Gasteiger partial charge in [-0.2, -0.15) is 4.31 Å². The van der Waals surface area contributed by atoms with Crippen molar-refractivity contribution in [3.8, 4) is 10.4 Å². The lowest BCUT2D eigenvalue weighted by Gasteiger charge is -2.31. The molecular weight excluding hydrogens is 520 g/mol. The van der Waals surface area contributed by atoms with Crippen LogP contribution in [0.2, 0.25) is 0 Å². The first-order chi connectivity index (χ1) is 17.9. The fraction of sp³-hybridized carbons (Fsp3) is 0.414. The maximum absolute atomic E-state index is 13.2. The molecule has 7 nitrogen and oxygen atoms in total. The summed E-state index contributed by atoms with van der Waals surface area (Å²) in [6, 6.07) is 19.0. The van der Waals surface area contributed by atoms with Gasteiger partial charge in [0.1, 0.15) is 4.21 Å². The summed E-state index contributed by atoms with van der Waals surface area (Å²) in [5.74, 6) is -0.345. The van der Waals surface area contributed by atoms with Crippen LogP contribution in [0.4, 0.5) is 0 Å². The molecule has 2 aromatic carbocycles. The lowest BCUT2D eigenvalue weighted by atomic mass is 9.88. The summed E-state index contributed by atoms with van der Waals surface area (Å²) in [5.41, 5.74) is 4.17. The number of nitrogens with zero attached hydrogens (tertiary/aromatic N) is 1. The molecule has 204 valence electrons. The van der Waals surface area contributed by atoms with Crippen molar-refractivity contribution in [1.82, 2.24) is 9.62 Å². The van der Waals surface area contributed by atoms with Crippen LogP contribution in [0, 0.1) is 5.92 Å². The predicted octanol–water partition coefficient (Wildman–Crippen LogP) is 4.20. The van der Waals surface area contributed by atoms with Crippen molar-refractivity contribution in [1.29, 1.82) is 0 Å². The second-order valence-corrected chi connectivity index (χ2v) is 14.2. The molecule has 1 atom stereocenters. The van der Waals surface area contributed by atoms with Crippen molar-refractivity contribution < 1.29 is 23.4 Å². The lowest BCUT2D eigenvalue weighted by Crippen LogP contribution is -2.47. The molecule has 1 heterocycles.